The van der Waals surface area contributed by atoms with E-state index < -0.39 is 41.4 Å². The van der Waals surface area contributed by atoms with Crippen LogP contribution < -0.4 is 15.4 Å². The van der Waals surface area contributed by atoms with Crippen LogP contribution in [0.2, 0.25) is 0 Å². The molecule has 228 valence electrons. The molecule has 0 bridgehead atoms. The van der Waals surface area contributed by atoms with E-state index in [1.165, 1.54) is 42.5 Å². The van der Waals surface area contributed by atoms with E-state index in [1.807, 2.05) is 31.2 Å². The molecule has 0 unspecified atom stereocenters. The molecule has 10 nitrogen and oxygen atoms in total. The fourth-order valence-electron chi connectivity index (χ4n) is 4.02. The van der Waals surface area contributed by atoms with Gasteiger partial charge in [-0.15, -0.1) is 0 Å². The maximum absolute atomic E-state index is 14.8. The molecule has 3 N–H and O–H groups in total. The first-order chi connectivity index (χ1) is 20.8. The zero-order valence-corrected chi connectivity index (χ0v) is 24.5. The van der Waals surface area contributed by atoms with E-state index >= 15 is 0 Å². The molecule has 0 aliphatic carbocycles. The van der Waals surface area contributed by atoms with Crippen LogP contribution in [-0.4, -0.2) is 40.7 Å². The summed E-state index contributed by atoms with van der Waals surface area (Å²) >= 11 is 0. The number of aryl methyl sites for hydroxylation is 1. The van der Waals surface area contributed by atoms with Gasteiger partial charge in [-0.3, -0.25) is 10.1 Å². The third-order valence-electron chi connectivity index (χ3n) is 6.17. The van der Waals surface area contributed by atoms with Crippen molar-refractivity contribution in [2.24, 2.45) is 0 Å². The van der Waals surface area contributed by atoms with E-state index in [2.05, 4.69) is 10.6 Å². The van der Waals surface area contributed by atoms with Crippen molar-refractivity contribution < 1.29 is 42.6 Å². The number of amides is 2. The van der Waals surface area contributed by atoms with Crippen LogP contribution in [0, 0.1) is 12.7 Å². The van der Waals surface area contributed by atoms with Crippen LogP contribution in [0.4, 0.5) is 14.9 Å². The lowest BCUT2D eigenvalue weighted by molar-refractivity contribution is -0.139. The summed E-state index contributed by atoms with van der Waals surface area (Å²) in [4.78, 5) is 49.1. The highest BCUT2D eigenvalue weighted by Gasteiger charge is 2.24. The smallest absolute Gasteiger partial charge is 0.412 e. The number of benzene rings is 3. The first-order valence-corrected chi connectivity index (χ1v) is 13.6. The van der Waals surface area contributed by atoms with Gasteiger partial charge in [0.15, 0.2) is 17.3 Å². The zero-order chi connectivity index (χ0) is 32.0. The number of halogens is 1. The minimum Gasteiger partial charge on any atom is -0.480 e. The van der Waals surface area contributed by atoms with Crippen molar-refractivity contribution in [2.45, 2.75) is 45.8 Å². The molecule has 3 aromatic carbocycles. The summed E-state index contributed by atoms with van der Waals surface area (Å²) in [6.07, 6.45) is -0.906. The number of carboxylic acids is 1. The highest BCUT2D eigenvalue weighted by Crippen LogP contribution is 2.24. The van der Waals surface area contributed by atoms with E-state index in [1.54, 1.807) is 26.8 Å². The van der Waals surface area contributed by atoms with Gasteiger partial charge >= 0.3 is 18.0 Å². The third kappa shape index (κ3) is 8.54. The Bertz CT molecular complexity index is 1670. The number of anilines is 1. The molecule has 0 saturated carbocycles. The number of carbonyl (C=O) groups is 4. The molecule has 4 rings (SSSR count). The number of rotatable bonds is 9. The second-order valence-electron chi connectivity index (χ2n) is 11.0. The topological polar surface area (TPSA) is 144 Å². The summed E-state index contributed by atoms with van der Waals surface area (Å²) in [5, 5.41) is 14.6. The van der Waals surface area contributed by atoms with Gasteiger partial charge < -0.3 is 24.3 Å². The van der Waals surface area contributed by atoms with Crippen molar-refractivity contribution in [1.82, 2.24) is 5.32 Å². The summed E-state index contributed by atoms with van der Waals surface area (Å²) in [6, 6.07) is 18.5. The fraction of sp³-hybridized carbons (Fsp3) is 0.212. The standard InChI is InChI=1S/C33H31FN2O8/c1-19-5-8-21(9-6-19)26-15-16-28(42-26)29(37)36-25(30(38)39)18-20-7-14-27(24(34)17-20)43-31(40)22-10-12-23(13-11-22)35-32(41)44-33(2,3)4/h5-17,25H,18H2,1-4H3,(H,35,41)(H,36,37)(H,38,39)/t25-/m1/s1. The van der Waals surface area contributed by atoms with Crippen molar-refractivity contribution in [3.8, 4) is 17.1 Å². The Morgan fingerprint density at radius 1 is 0.932 bits per heavy atom. The Labute approximate surface area is 252 Å². The predicted octanol–water partition coefficient (Wildman–Crippen LogP) is 6.39. The molecule has 4 aromatic rings. The number of carbonyl (C=O) groups excluding carboxylic acids is 3. The van der Waals surface area contributed by atoms with Gasteiger partial charge in [0.1, 0.15) is 17.4 Å². The van der Waals surface area contributed by atoms with E-state index in [0.717, 1.165) is 17.2 Å². The molecule has 0 aliphatic rings. The van der Waals surface area contributed by atoms with E-state index in [0.29, 0.717) is 11.4 Å². The van der Waals surface area contributed by atoms with Gasteiger partial charge in [0.05, 0.1) is 5.56 Å². The predicted molar refractivity (Wildman–Crippen MR) is 159 cm³/mol. The largest absolute Gasteiger partial charge is 0.480 e. The van der Waals surface area contributed by atoms with Crippen LogP contribution in [-0.2, 0) is 16.0 Å². The maximum atomic E-state index is 14.8. The summed E-state index contributed by atoms with van der Waals surface area (Å²) in [5.74, 6) is -3.82. The fourth-order valence-corrected chi connectivity index (χ4v) is 4.02. The van der Waals surface area contributed by atoms with Crippen molar-refractivity contribution in [1.29, 1.82) is 0 Å². The van der Waals surface area contributed by atoms with Gasteiger partial charge in [-0.05, 0) is 81.8 Å². The summed E-state index contributed by atoms with van der Waals surface area (Å²) < 4.78 is 30.8. The second-order valence-corrected chi connectivity index (χ2v) is 11.0. The number of hydrogen-bond donors (Lipinski definition) is 3. The first kappa shape index (κ1) is 31.5. The Morgan fingerprint density at radius 2 is 1.61 bits per heavy atom. The van der Waals surface area contributed by atoms with E-state index in [-0.39, 0.29) is 29.1 Å². The quantitative estimate of drug-likeness (QED) is 0.148. The van der Waals surface area contributed by atoms with Gasteiger partial charge in [0, 0.05) is 17.7 Å². The van der Waals surface area contributed by atoms with Gasteiger partial charge in [-0.25, -0.2) is 18.8 Å². The van der Waals surface area contributed by atoms with Crippen molar-refractivity contribution in [3.05, 3.63) is 107 Å². The summed E-state index contributed by atoms with van der Waals surface area (Å²) in [6.45, 7) is 7.12. The highest BCUT2D eigenvalue weighted by atomic mass is 19.1. The first-order valence-electron chi connectivity index (χ1n) is 13.6. The number of esters is 1. The lowest BCUT2D eigenvalue weighted by Gasteiger charge is -2.19. The number of aliphatic carboxylic acids is 1. The number of furan rings is 1. The molecular weight excluding hydrogens is 571 g/mol. The van der Waals surface area contributed by atoms with Crippen LogP contribution in [0.25, 0.3) is 11.3 Å². The lowest BCUT2D eigenvalue weighted by Crippen LogP contribution is -2.42. The van der Waals surface area contributed by atoms with Gasteiger partial charge in [0.25, 0.3) is 5.91 Å². The molecule has 0 saturated heterocycles. The normalized spacial score (nSPS) is 11.8. The number of hydrogen-bond acceptors (Lipinski definition) is 7. The van der Waals surface area contributed by atoms with Crippen LogP contribution in [0.5, 0.6) is 5.75 Å². The van der Waals surface area contributed by atoms with E-state index in [4.69, 9.17) is 13.9 Å². The number of carboxylic acid groups (broad SMARTS) is 1. The van der Waals surface area contributed by atoms with Gasteiger partial charge in [0.2, 0.25) is 0 Å². The molecule has 1 heterocycles. The monoisotopic (exact) mass is 602 g/mol. The molecular formula is C33H31FN2O8. The third-order valence-corrected chi connectivity index (χ3v) is 6.17. The van der Waals surface area contributed by atoms with Crippen LogP contribution in [0.3, 0.4) is 0 Å². The van der Waals surface area contributed by atoms with Crippen LogP contribution in [0.15, 0.2) is 83.3 Å². The number of nitrogens with one attached hydrogen (secondary N) is 2. The Morgan fingerprint density at radius 3 is 2.23 bits per heavy atom. The average molecular weight is 603 g/mol. The Kier molecular flexibility index (Phi) is 9.47. The maximum Gasteiger partial charge on any atom is 0.412 e. The SMILES string of the molecule is Cc1ccc(-c2ccc(C(=O)N[C@H](Cc3ccc(OC(=O)c4ccc(NC(=O)OC(C)(C)C)cc4)c(F)c3)C(=O)O)o2)cc1. The average Bonchev–Trinajstić information content (AvgIpc) is 3.44. The molecule has 0 fully saturated rings. The molecule has 2 amide bonds. The molecule has 0 radical (unpaired) electrons. The molecule has 0 spiro atoms. The summed E-state index contributed by atoms with van der Waals surface area (Å²) in [7, 11) is 0. The van der Waals surface area contributed by atoms with Gasteiger partial charge in [-0.1, -0.05) is 35.9 Å². The molecule has 1 aromatic heterocycles. The molecule has 0 aliphatic heterocycles. The van der Waals surface area contributed by atoms with Crippen LogP contribution in [0.1, 0.15) is 52.8 Å². The minimum absolute atomic E-state index is 0.0751. The summed E-state index contributed by atoms with van der Waals surface area (Å²) in [5.41, 5.74) is 1.86. The van der Waals surface area contributed by atoms with Crippen molar-refractivity contribution in [3.63, 3.8) is 0 Å². The van der Waals surface area contributed by atoms with Crippen LogP contribution >= 0.6 is 0 Å². The molecule has 11 heteroatoms. The number of ether oxygens (including phenoxy) is 2. The Balaban J connectivity index is 1.36. The van der Waals surface area contributed by atoms with Gasteiger partial charge in [-0.2, -0.15) is 0 Å². The molecule has 44 heavy (non-hydrogen) atoms. The van der Waals surface area contributed by atoms with Crippen molar-refractivity contribution in [2.75, 3.05) is 5.32 Å². The highest BCUT2D eigenvalue weighted by molar-refractivity contribution is 5.95. The minimum atomic E-state index is -1.39. The molecule has 1 atom stereocenters. The second kappa shape index (κ2) is 13.2. The van der Waals surface area contributed by atoms with E-state index in [9.17, 15) is 28.7 Å². The lowest BCUT2D eigenvalue weighted by atomic mass is 10.1. The zero-order valence-electron chi connectivity index (χ0n) is 24.5. The Hall–Kier alpha value is -5.45. The van der Waals surface area contributed by atoms with Crippen molar-refractivity contribution >= 4 is 29.6 Å².